The molecule has 8 heteroatoms. The van der Waals surface area contributed by atoms with E-state index in [0.29, 0.717) is 25.9 Å². The average molecular weight is 393 g/mol. The smallest absolute Gasteiger partial charge is 0.391 e. The van der Waals surface area contributed by atoms with Gasteiger partial charge in [-0.2, -0.15) is 18.3 Å². The van der Waals surface area contributed by atoms with Crippen LogP contribution in [-0.2, 0) is 17.4 Å². The summed E-state index contributed by atoms with van der Waals surface area (Å²) in [7, 11) is 0. The van der Waals surface area contributed by atoms with E-state index in [4.69, 9.17) is 0 Å². The number of halogens is 3. The van der Waals surface area contributed by atoms with Crippen molar-refractivity contribution in [1.29, 1.82) is 0 Å². The predicted octanol–water partition coefficient (Wildman–Crippen LogP) is 2.92. The van der Waals surface area contributed by atoms with Gasteiger partial charge in [-0.05, 0) is 42.4 Å². The molecule has 1 saturated carbocycles. The van der Waals surface area contributed by atoms with Crippen molar-refractivity contribution in [2.24, 2.45) is 11.8 Å². The SMILES string of the molecule is O=C(Cc1ccccc1C(F)(F)F)N1C[C@H]2C[C@@H](n3cccn3)[C@H](O)C[C@H]2C1. The molecule has 1 aliphatic heterocycles. The summed E-state index contributed by atoms with van der Waals surface area (Å²) in [5.41, 5.74) is -0.751. The van der Waals surface area contributed by atoms with E-state index < -0.39 is 17.8 Å². The highest BCUT2D eigenvalue weighted by atomic mass is 19.4. The van der Waals surface area contributed by atoms with Gasteiger partial charge in [0.15, 0.2) is 0 Å². The quantitative estimate of drug-likeness (QED) is 0.873. The normalized spacial score (nSPS) is 27.6. The van der Waals surface area contributed by atoms with Gasteiger partial charge in [0.25, 0.3) is 0 Å². The van der Waals surface area contributed by atoms with Crippen LogP contribution in [0, 0.1) is 11.8 Å². The molecule has 1 amide bonds. The highest BCUT2D eigenvalue weighted by Crippen LogP contribution is 2.41. The maximum atomic E-state index is 13.2. The third-order valence-electron chi connectivity index (χ3n) is 5.99. The lowest BCUT2D eigenvalue weighted by molar-refractivity contribution is -0.138. The molecule has 0 radical (unpaired) electrons. The molecule has 1 aliphatic carbocycles. The fraction of sp³-hybridized carbons (Fsp3) is 0.500. The summed E-state index contributed by atoms with van der Waals surface area (Å²) in [5, 5.41) is 14.7. The van der Waals surface area contributed by atoms with Gasteiger partial charge in [-0.25, -0.2) is 0 Å². The van der Waals surface area contributed by atoms with E-state index in [9.17, 15) is 23.1 Å². The van der Waals surface area contributed by atoms with Crippen molar-refractivity contribution in [3.05, 3.63) is 53.9 Å². The van der Waals surface area contributed by atoms with Gasteiger partial charge >= 0.3 is 6.18 Å². The molecule has 2 fully saturated rings. The second-order valence-corrected chi connectivity index (χ2v) is 7.74. The van der Waals surface area contributed by atoms with Gasteiger partial charge in [0.05, 0.1) is 24.1 Å². The van der Waals surface area contributed by atoms with Crippen molar-refractivity contribution in [3.8, 4) is 0 Å². The Morgan fingerprint density at radius 1 is 1.14 bits per heavy atom. The Morgan fingerprint density at radius 2 is 1.86 bits per heavy atom. The number of hydrogen-bond acceptors (Lipinski definition) is 3. The molecular weight excluding hydrogens is 371 g/mol. The van der Waals surface area contributed by atoms with E-state index in [-0.39, 0.29) is 35.8 Å². The number of aliphatic hydroxyl groups is 1. The average Bonchev–Trinajstić information content (AvgIpc) is 3.29. The zero-order valence-electron chi connectivity index (χ0n) is 15.2. The van der Waals surface area contributed by atoms with Crippen LogP contribution in [0.25, 0.3) is 0 Å². The van der Waals surface area contributed by atoms with Crippen molar-refractivity contribution in [2.45, 2.75) is 37.6 Å². The van der Waals surface area contributed by atoms with Gasteiger partial charge in [0.2, 0.25) is 5.91 Å². The van der Waals surface area contributed by atoms with E-state index in [0.717, 1.165) is 6.07 Å². The third kappa shape index (κ3) is 3.65. The summed E-state index contributed by atoms with van der Waals surface area (Å²) in [6.45, 7) is 1.00. The lowest BCUT2D eigenvalue weighted by Crippen LogP contribution is -2.36. The summed E-state index contributed by atoms with van der Waals surface area (Å²) in [6, 6.07) is 6.91. The van der Waals surface area contributed by atoms with E-state index in [1.54, 1.807) is 21.8 Å². The minimum absolute atomic E-state index is 0.00400. The zero-order chi connectivity index (χ0) is 19.9. The standard InChI is InChI=1S/C20H22F3N3O2/c21-20(22,23)16-5-2-1-4-13(16)10-19(28)25-11-14-8-17(26-7-3-6-24-26)18(27)9-15(14)12-25/h1-7,14-15,17-18,27H,8-12H2/t14-,15+,17-,18-/m1/s1. The molecular formula is C20H22F3N3O2. The first-order chi connectivity index (χ1) is 13.3. The van der Waals surface area contributed by atoms with Gasteiger partial charge in [0.1, 0.15) is 0 Å². The van der Waals surface area contributed by atoms with Crippen LogP contribution in [0.1, 0.15) is 30.0 Å². The number of likely N-dealkylation sites (tertiary alicyclic amines) is 1. The number of aliphatic hydroxyl groups excluding tert-OH is 1. The first-order valence-corrected chi connectivity index (χ1v) is 9.43. The molecule has 5 nitrogen and oxygen atoms in total. The maximum absolute atomic E-state index is 13.2. The van der Waals surface area contributed by atoms with Crippen LogP contribution in [0.4, 0.5) is 13.2 Å². The summed E-state index contributed by atoms with van der Waals surface area (Å²) in [4.78, 5) is 14.4. The van der Waals surface area contributed by atoms with E-state index in [1.165, 1.54) is 18.2 Å². The summed E-state index contributed by atoms with van der Waals surface area (Å²) < 4.78 is 41.3. The molecule has 4 rings (SSSR count). The molecule has 0 unspecified atom stereocenters. The van der Waals surface area contributed by atoms with Gasteiger partial charge in [-0.1, -0.05) is 18.2 Å². The monoisotopic (exact) mass is 393 g/mol. The zero-order valence-corrected chi connectivity index (χ0v) is 15.2. The molecule has 1 N–H and O–H groups in total. The van der Waals surface area contributed by atoms with Gasteiger partial charge in [0, 0.05) is 25.5 Å². The minimum Gasteiger partial charge on any atom is -0.391 e. The van der Waals surface area contributed by atoms with Crippen molar-refractivity contribution < 1.29 is 23.1 Å². The summed E-state index contributed by atoms with van der Waals surface area (Å²) in [5.74, 6) is 0.0965. The third-order valence-corrected chi connectivity index (χ3v) is 5.99. The molecule has 150 valence electrons. The van der Waals surface area contributed by atoms with Gasteiger partial charge in [-0.3, -0.25) is 9.48 Å². The van der Waals surface area contributed by atoms with Crippen LogP contribution in [0.15, 0.2) is 42.7 Å². The lowest BCUT2D eigenvalue weighted by Gasteiger charge is -2.35. The molecule has 0 bridgehead atoms. The Morgan fingerprint density at radius 3 is 2.54 bits per heavy atom. The molecule has 1 saturated heterocycles. The number of nitrogens with zero attached hydrogens (tertiary/aromatic N) is 3. The summed E-state index contributed by atoms with van der Waals surface area (Å²) in [6.07, 6.45) is -0.519. The molecule has 2 heterocycles. The van der Waals surface area contributed by atoms with Crippen molar-refractivity contribution in [1.82, 2.24) is 14.7 Å². The van der Waals surface area contributed by atoms with E-state index >= 15 is 0 Å². The topological polar surface area (TPSA) is 58.4 Å². The number of hydrogen-bond donors (Lipinski definition) is 1. The number of aromatic nitrogens is 2. The Balaban J connectivity index is 1.44. The number of carbonyl (C=O) groups is 1. The lowest BCUT2D eigenvalue weighted by atomic mass is 9.77. The Hall–Kier alpha value is -2.35. The second-order valence-electron chi connectivity index (χ2n) is 7.74. The van der Waals surface area contributed by atoms with Crippen LogP contribution in [0.5, 0.6) is 0 Å². The fourth-order valence-electron chi connectivity index (χ4n) is 4.60. The number of rotatable bonds is 3. The van der Waals surface area contributed by atoms with Gasteiger partial charge < -0.3 is 10.0 Å². The van der Waals surface area contributed by atoms with Crippen LogP contribution in [0.2, 0.25) is 0 Å². The van der Waals surface area contributed by atoms with Crippen molar-refractivity contribution >= 4 is 5.91 Å². The van der Waals surface area contributed by atoms with Crippen LogP contribution in [0.3, 0.4) is 0 Å². The summed E-state index contributed by atoms with van der Waals surface area (Å²) >= 11 is 0. The molecule has 0 spiro atoms. The molecule has 28 heavy (non-hydrogen) atoms. The van der Waals surface area contributed by atoms with Gasteiger partial charge in [-0.15, -0.1) is 0 Å². The first kappa shape index (κ1) is 19.0. The highest BCUT2D eigenvalue weighted by molar-refractivity contribution is 5.79. The highest BCUT2D eigenvalue weighted by Gasteiger charge is 2.44. The number of alkyl halides is 3. The number of fused-ring (bicyclic) bond motifs is 1. The van der Waals surface area contributed by atoms with Crippen LogP contribution < -0.4 is 0 Å². The minimum atomic E-state index is -4.48. The number of carbonyl (C=O) groups excluding carboxylic acids is 1. The number of amides is 1. The Labute approximate surface area is 160 Å². The molecule has 2 aromatic rings. The van der Waals surface area contributed by atoms with Crippen LogP contribution >= 0.6 is 0 Å². The van der Waals surface area contributed by atoms with E-state index in [2.05, 4.69) is 5.10 Å². The largest absolute Gasteiger partial charge is 0.416 e. The molecule has 1 aromatic heterocycles. The number of benzene rings is 1. The van der Waals surface area contributed by atoms with Crippen molar-refractivity contribution in [2.75, 3.05) is 13.1 Å². The fourth-order valence-corrected chi connectivity index (χ4v) is 4.60. The molecule has 1 aromatic carbocycles. The Kier molecular flexibility index (Phi) is 4.91. The second kappa shape index (κ2) is 7.24. The maximum Gasteiger partial charge on any atom is 0.416 e. The first-order valence-electron chi connectivity index (χ1n) is 9.43. The van der Waals surface area contributed by atoms with Crippen molar-refractivity contribution in [3.63, 3.8) is 0 Å². The van der Waals surface area contributed by atoms with Crippen LogP contribution in [-0.4, -0.2) is 44.9 Å². The predicted molar refractivity (Wildman–Crippen MR) is 95.2 cm³/mol. The Bertz CT molecular complexity index is 837. The molecule has 2 aliphatic rings. The van der Waals surface area contributed by atoms with E-state index in [1.807, 2.05) is 6.20 Å². The molecule has 4 atom stereocenters.